The van der Waals surface area contributed by atoms with Gasteiger partial charge in [0.05, 0.1) is 4.47 Å². The molecular formula is C9H12BrClN2. The van der Waals surface area contributed by atoms with Gasteiger partial charge in [-0.3, -0.25) is 0 Å². The van der Waals surface area contributed by atoms with Crippen molar-refractivity contribution in [3.05, 3.63) is 21.6 Å². The molecule has 0 radical (unpaired) electrons. The number of rotatable bonds is 2. The van der Waals surface area contributed by atoms with Crippen LogP contribution in [-0.2, 0) is 0 Å². The third kappa shape index (κ3) is 2.64. The Balaban J connectivity index is 2.97. The number of halogens is 2. The van der Waals surface area contributed by atoms with Crippen LogP contribution >= 0.6 is 27.5 Å². The van der Waals surface area contributed by atoms with Crippen LogP contribution in [-0.4, -0.2) is 9.97 Å². The standard InChI is InChI=1S/C9H12BrClN2/c1-5(2)6(3)9-12-4-7(10)8(11)13-9/h4-6H,1-3H3. The van der Waals surface area contributed by atoms with Crippen LogP contribution in [0.5, 0.6) is 0 Å². The van der Waals surface area contributed by atoms with Crippen molar-refractivity contribution in [1.29, 1.82) is 0 Å². The highest BCUT2D eigenvalue weighted by molar-refractivity contribution is 9.10. The van der Waals surface area contributed by atoms with Gasteiger partial charge in [0.2, 0.25) is 0 Å². The molecule has 0 saturated heterocycles. The van der Waals surface area contributed by atoms with Gasteiger partial charge in [0.15, 0.2) is 0 Å². The number of aromatic nitrogens is 2. The van der Waals surface area contributed by atoms with Gasteiger partial charge in [0.1, 0.15) is 11.0 Å². The van der Waals surface area contributed by atoms with Gasteiger partial charge in [-0.15, -0.1) is 0 Å². The molecule has 13 heavy (non-hydrogen) atoms. The lowest BCUT2D eigenvalue weighted by atomic mass is 9.97. The molecule has 0 fully saturated rings. The van der Waals surface area contributed by atoms with E-state index in [-0.39, 0.29) is 0 Å². The minimum Gasteiger partial charge on any atom is -0.240 e. The molecule has 0 N–H and O–H groups in total. The van der Waals surface area contributed by atoms with E-state index in [0.29, 0.717) is 17.0 Å². The molecule has 1 aromatic rings. The Labute approximate surface area is 91.9 Å². The summed E-state index contributed by atoms with van der Waals surface area (Å²) in [6.45, 7) is 6.39. The van der Waals surface area contributed by atoms with Crippen LogP contribution in [0, 0.1) is 5.92 Å². The van der Waals surface area contributed by atoms with Crippen molar-refractivity contribution < 1.29 is 0 Å². The highest BCUT2D eigenvalue weighted by atomic mass is 79.9. The van der Waals surface area contributed by atoms with Crippen LogP contribution in [0.25, 0.3) is 0 Å². The maximum absolute atomic E-state index is 5.86. The topological polar surface area (TPSA) is 25.8 Å². The first kappa shape index (κ1) is 10.9. The fraction of sp³-hybridized carbons (Fsp3) is 0.556. The molecule has 0 aliphatic rings. The fourth-order valence-corrected chi connectivity index (χ4v) is 1.20. The van der Waals surface area contributed by atoms with Gasteiger partial charge in [-0.1, -0.05) is 32.4 Å². The van der Waals surface area contributed by atoms with Crippen LogP contribution in [0.2, 0.25) is 5.15 Å². The Bertz CT molecular complexity index is 302. The van der Waals surface area contributed by atoms with Gasteiger partial charge in [0, 0.05) is 12.1 Å². The summed E-state index contributed by atoms with van der Waals surface area (Å²) in [5, 5.41) is 0.484. The van der Waals surface area contributed by atoms with Gasteiger partial charge in [0.25, 0.3) is 0 Å². The molecule has 1 heterocycles. The van der Waals surface area contributed by atoms with Crippen LogP contribution in [0.3, 0.4) is 0 Å². The van der Waals surface area contributed by atoms with E-state index in [1.54, 1.807) is 6.20 Å². The Hall–Kier alpha value is -0.150. The van der Waals surface area contributed by atoms with Gasteiger partial charge < -0.3 is 0 Å². The SMILES string of the molecule is CC(C)C(C)c1ncc(Br)c(Cl)n1. The summed E-state index contributed by atoms with van der Waals surface area (Å²) in [7, 11) is 0. The predicted molar refractivity (Wildman–Crippen MR) is 58.0 cm³/mol. The summed E-state index contributed by atoms with van der Waals surface area (Å²) in [5.74, 6) is 1.67. The highest BCUT2D eigenvalue weighted by Gasteiger charge is 2.13. The van der Waals surface area contributed by atoms with Crippen molar-refractivity contribution >= 4 is 27.5 Å². The smallest absolute Gasteiger partial charge is 0.146 e. The Kier molecular flexibility index (Phi) is 3.68. The van der Waals surface area contributed by atoms with Crippen LogP contribution in [0.1, 0.15) is 32.5 Å². The summed E-state index contributed by atoms with van der Waals surface area (Å²) >= 11 is 9.12. The largest absolute Gasteiger partial charge is 0.240 e. The number of hydrogen-bond donors (Lipinski definition) is 0. The first-order valence-electron chi connectivity index (χ1n) is 4.20. The molecule has 0 bridgehead atoms. The Morgan fingerprint density at radius 1 is 1.38 bits per heavy atom. The lowest BCUT2D eigenvalue weighted by molar-refractivity contribution is 0.510. The molecular weight excluding hydrogens is 251 g/mol. The van der Waals surface area contributed by atoms with Crippen LogP contribution < -0.4 is 0 Å². The first-order valence-corrected chi connectivity index (χ1v) is 5.37. The third-order valence-corrected chi connectivity index (χ3v) is 3.22. The van der Waals surface area contributed by atoms with Gasteiger partial charge in [-0.05, 0) is 21.8 Å². The maximum Gasteiger partial charge on any atom is 0.146 e. The molecule has 0 amide bonds. The Morgan fingerprint density at radius 2 is 2.00 bits per heavy atom. The quantitative estimate of drug-likeness (QED) is 0.761. The second-order valence-electron chi connectivity index (χ2n) is 3.40. The second kappa shape index (κ2) is 4.38. The molecule has 1 unspecified atom stereocenters. The molecule has 0 aliphatic heterocycles. The van der Waals surface area contributed by atoms with Gasteiger partial charge in [-0.25, -0.2) is 9.97 Å². The molecule has 72 valence electrons. The molecule has 1 rings (SSSR count). The van der Waals surface area contributed by atoms with Crippen molar-refractivity contribution in [2.45, 2.75) is 26.7 Å². The zero-order valence-electron chi connectivity index (χ0n) is 7.88. The maximum atomic E-state index is 5.86. The minimum atomic E-state index is 0.339. The van der Waals surface area contributed by atoms with Crippen LogP contribution in [0.15, 0.2) is 10.7 Å². The predicted octanol–water partition coefficient (Wildman–Crippen LogP) is 3.65. The van der Waals surface area contributed by atoms with Crippen molar-refractivity contribution in [1.82, 2.24) is 9.97 Å². The third-order valence-electron chi connectivity index (χ3n) is 2.13. The molecule has 0 aromatic carbocycles. The number of hydrogen-bond acceptors (Lipinski definition) is 2. The highest BCUT2D eigenvalue weighted by Crippen LogP contribution is 2.24. The summed E-state index contributed by atoms with van der Waals surface area (Å²) in [6, 6.07) is 0. The van der Waals surface area contributed by atoms with Crippen LogP contribution in [0.4, 0.5) is 0 Å². The minimum absolute atomic E-state index is 0.339. The van der Waals surface area contributed by atoms with E-state index in [1.165, 1.54) is 0 Å². The summed E-state index contributed by atoms with van der Waals surface area (Å²) in [4.78, 5) is 8.42. The molecule has 1 atom stereocenters. The van der Waals surface area contributed by atoms with E-state index >= 15 is 0 Å². The molecule has 0 spiro atoms. The van der Waals surface area contributed by atoms with Crippen molar-refractivity contribution in [2.24, 2.45) is 5.92 Å². The van der Waals surface area contributed by atoms with E-state index in [0.717, 1.165) is 10.3 Å². The molecule has 0 saturated carbocycles. The molecule has 4 heteroatoms. The molecule has 0 aliphatic carbocycles. The van der Waals surface area contributed by atoms with E-state index < -0.39 is 0 Å². The van der Waals surface area contributed by atoms with E-state index in [1.807, 2.05) is 0 Å². The normalized spacial score (nSPS) is 13.4. The summed E-state index contributed by atoms with van der Waals surface area (Å²) in [6.07, 6.45) is 1.70. The monoisotopic (exact) mass is 262 g/mol. The number of nitrogens with zero attached hydrogens (tertiary/aromatic N) is 2. The van der Waals surface area contributed by atoms with E-state index in [4.69, 9.17) is 11.6 Å². The van der Waals surface area contributed by atoms with Gasteiger partial charge >= 0.3 is 0 Å². The lowest BCUT2D eigenvalue weighted by Crippen LogP contribution is -2.07. The molecule has 2 nitrogen and oxygen atoms in total. The zero-order chi connectivity index (χ0) is 10.0. The summed E-state index contributed by atoms with van der Waals surface area (Å²) < 4.78 is 0.744. The van der Waals surface area contributed by atoms with Crippen molar-refractivity contribution in [2.75, 3.05) is 0 Å². The average Bonchev–Trinajstić information content (AvgIpc) is 2.08. The lowest BCUT2D eigenvalue weighted by Gasteiger charge is -2.13. The van der Waals surface area contributed by atoms with E-state index in [2.05, 4.69) is 46.7 Å². The van der Waals surface area contributed by atoms with Crippen molar-refractivity contribution in [3.63, 3.8) is 0 Å². The molecule has 1 aromatic heterocycles. The van der Waals surface area contributed by atoms with Gasteiger partial charge in [-0.2, -0.15) is 0 Å². The van der Waals surface area contributed by atoms with Crippen molar-refractivity contribution in [3.8, 4) is 0 Å². The second-order valence-corrected chi connectivity index (χ2v) is 4.61. The first-order chi connectivity index (χ1) is 6.02. The average molecular weight is 264 g/mol. The summed E-state index contributed by atoms with van der Waals surface area (Å²) in [5.41, 5.74) is 0. The van der Waals surface area contributed by atoms with E-state index in [9.17, 15) is 0 Å². The fourth-order valence-electron chi connectivity index (χ4n) is 0.876. The Morgan fingerprint density at radius 3 is 2.46 bits per heavy atom. The zero-order valence-corrected chi connectivity index (χ0v) is 10.2.